The molecule has 0 spiro atoms. The zero-order valence-electron chi connectivity index (χ0n) is 17.8. The number of piperidine rings is 1. The Morgan fingerprint density at radius 1 is 1.07 bits per heavy atom. The van der Waals surface area contributed by atoms with Crippen LogP contribution in [0.4, 0.5) is 11.5 Å². The second-order valence-corrected chi connectivity index (χ2v) is 7.78. The predicted octanol–water partition coefficient (Wildman–Crippen LogP) is 4.35. The summed E-state index contributed by atoms with van der Waals surface area (Å²) >= 11 is 0. The number of anilines is 2. The van der Waals surface area contributed by atoms with E-state index in [9.17, 15) is 4.79 Å². The van der Waals surface area contributed by atoms with Crippen LogP contribution in [-0.2, 0) is 4.79 Å². The minimum Gasteiger partial charge on any atom is -0.497 e. The van der Waals surface area contributed by atoms with Crippen LogP contribution in [0.3, 0.4) is 0 Å². The number of methoxy groups -OCH3 is 1. The van der Waals surface area contributed by atoms with Crippen molar-refractivity contribution in [2.75, 3.05) is 30.4 Å². The Morgan fingerprint density at radius 3 is 2.50 bits per heavy atom. The molecule has 3 heterocycles. The van der Waals surface area contributed by atoms with Crippen LogP contribution in [0.5, 0.6) is 5.75 Å². The second kappa shape index (κ2) is 8.61. The summed E-state index contributed by atoms with van der Waals surface area (Å²) in [6.45, 7) is 5.83. The van der Waals surface area contributed by atoms with Crippen molar-refractivity contribution in [3.63, 3.8) is 0 Å². The number of ether oxygens (including phenoxy) is 1. The van der Waals surface area contributed by atoms with Gasteiger partial charge in [0.05, 0.1) is 12.8 Å². The molecule has 0 bridgehead atoms. The number of aromatic nitrogens is 2. The van der Waals surface area contributed by atoms with Gasteiger partial charge in [0.15, 0.2) is 5.82 Å². The van der Waals surface area contributed by atoms with Crippen LogP contribution in [-0.4, -0.2) is 35.7 Å². The lowest BCUT2D eigenvalue weighted by Gasteiger charge is -2.33. The van der Waals surface area contributed by atoms with E-state index in [0.717, 1.165) is 48.9 Å². The first-order valence-electron chi connectivity index (χ1n) is 10.4. The van der Waals surface area contributed by atoms with Gasteiger partial charge in [-0.3, -0.25) is 4.79 Å². The zero-order chi connectivity index (χ0) is 21.1. The van der Waals surface area contributed by atoms with Crippen molar-refractivity contribution in [3.8, 4) is 11.4 Å². The van der Waals surface area contributed by atoms with Gasteiger partial charge in [0.25, 0.3) is 0 Å². The molecule has 1 saturated heterocycles. The fraction of sp³-hybridized carbons (Fsp3) is 0.333. The van der Waals surface area contributed by atoms with E-state index in [1.165, 1.54) is 11.4 Å². The summed E-state index contributed by atoms with van der Waals surface area (Å²) < 4.78 is 7.48. The van der Waals surface area contributed by atoms with Crippen LogP contribution >= 0.6 is 0 Å². The van der Waals surface area contributed by atoms with Gasteiger partial charge in [0, 0.05) is 48.3 Å². The van der Waals surface area contributed by atoms with E-state index in [-0.39, 0.29) is 11.8 Å². The molecule has 156 valence electrons. The number of carbonyl (C=O) groups is 1. The van der Waals surface area contributed by atoms with Gasteiger partial charge in [-0.05, 0) is 63.1 Å². The summed E-state index contributed by atoms with van der Waals surface area (Å²) in [5.74, 6) is 1.78. The highest BCUT2D eigenvalue weighted by molar-refractivity contribution is 5.92. The van der Waals surface area contributed by atoms with Crippen LogP contribution in [0.1, 0.15) is 24.2 Å². The van der Waals surface area contributed by atoms with Crippen LogP contribution < -0.4 is 15.0 Å². The first-order valence-corrected chi connectivity index (χ1v) is 10.4. The highest BCUT2D eigenvalue weighted by Crippen LogP contribution is 2.29. The molecule has 1 amide bonds. The largest absolute Gasteiger partial charge is 0.497 e. The number of carbonyl (C=O) groups excluding carboxylic acids is 1. The van der Waals surface area contributed by atoms with Gasteiger partial charge in [0.2, 0.25) is 5.91 Å². The van der Waals surface area contributed by atoms with E-state index >= 15 is 0 Å². The van der Waals surface area contributed by atoms with E-state index in [0.29, 0.717) is 0 Å². The summed E-state index contributed by atoms with van der Waals surface area (Å²) in [6, 6.07) is 15.8. The van der Waals surface area contributed by atoms with Crippen molar-refractivity contribution < 1.29 is 9.53 Å². The topological polar surface area (TPSA) is 59.4 Å². The van der Waals surface area contributed by atoms with Gasteiger partial charge in [-0.15, -0.1) is 0 Å². The van der Waals surface area contributed by atoms with Gasteiger partial charge in [0.1, 0.15) is 5.75 Å². The summed E-state index contributed by atoms with van der Waals surface area (Å²) in [5, 5.41) is 3.03. The molecule has 6 nitrogen and oxygen atoms in total. The molecule has 1 aliphatic rings. The van der Waals surface area contributed by atoms with Gasteiger partial charge in [-0.25, -0.2) is 4.98 Å². The number of rotatable bonds is 5. The lowest BCUT2D eigenvalue weighted by atomic mass is 9.95. The first-order chi connectivity index (χ1) is 14.6. The molecular formula is C24H28N4O2. The fourth-order valence-corrected chi connectivity index (χ4v) is 4.15. The van der Waals surface area contributed by atoms with E-state index in [1.54, 1.807) is 7.11 Å². The normalized spacial score (nSPS) is 14.6. The molecule has 0 saturated carbocycles. The van der Waals surface area contributed by atoms with Gasteiger partial charge >= 0.3 is 0 Å². The molecule has 0 aliphatic carbocycles. The van der Waals surface area contributed by atoms with Gasteiger partial charge in [-0.2, -0.15) is 0 Å². The Labute approximate surface area is 177 Å². The van der Waals surface area contributed by atoms with Gasteiger partial charge in [-0.1, -0.05) is 6.07 Å². The van der Waals surface area contributed by atoms with Crippen molar-refractivity contribution >= 4 is 17.4 Å². The molecule has 4 rings (SSSR count). The maximum atomic E-state index is 12.8. The monoisotopic (exact) mass is 404 g/mol. The summed E-state index contributed by atoms with van der Waals surface area (Å²) in [5.41, 5.74) is 4.24. The number of nitrogens with one attached hydrogen (secondary N) is 1. The molecule has 30 heavy (non-hydrogen) atoms. The number of amides is 1. The van der Waals surface area contributed by atoms with Crippen molar-refractivity contribution in [2.24, 2.45) is 5.92 Å². The van der Waals surface area contributed by atoms with Gasteiger partial charge < -0.3 is 19.5 Å². The fourth-order valence-electron chi connectivity index (χ4n) is 4.15. The first kappa shape index (κ1) is 20.0. The average molecular weight is 405 g/mol. The lowest BCUT2D eigenvalue weighted by Crippen LogP contribution is -2.39. The van der Waals surface area contributed by atoms with Crippen LogP contribution in [0.15, 0.2) is 54.7 Å². The quantitative estimate of drug-likeness (QED) is 0.687. The van der Waals surface area contributed by atoms with E-state index in [4.69, 9.17) is 4.74 Å². The zero-order valence-corrected chi connectivity index (χ0v) is 17.8. The third kappa shape index (κ3) is 4.03. The number of hydrogen-bond acceptors (Lipinski definition) is 4. The number of nitrogens with zero attached hydrogens (tertiary/aromatic N) is 3. The predicted molar refractivity (Wildman–Crippen MR) is 120 cm³/mol. The number of pyridine rings is 1. The lowest BCUT2D eigenvalue weighted by molar-refractivity contribution is -0.120. The molecule has 1 N–H and O–H groups in total. The number of aryl methyl sites for hydroxylation is 2. The molecule has 1 aromatic carbocycles. The van der Waals surface area contributed by atoms with Crippen LogP contribution in [0.2, 0.25) is 0 Å². The smallest absolute Gasteiger partial charge is 0.227 e. The maximum Gasteiger partial charge on any atom is 0.227 e. The molecule has 6 heteroatoms. The summed E-state index contributed by atoms with van der Waals surface area (Å²) in [6.07, 6.45) is 3.44. The second-order valence-electron chi connectivity index (χ2n) is 7.78. The highest BCUT2D eigenvalue weighted by atomic mass is 16.5. The van der Waals surface area contributed by atoms with Crippen LogP contribution in [0.25, 0.3) is 5.69 Å². The minimum atomic E-state index is -0.00494. The Morgan fingerprint density at radius 2 is 1.80 bits per heavy atom. The Bertz CT molecular complexity index is 1020. The Kier molecular flexibility index (Phi) is 5.74. The SMILES string of the molecule is COc1cccc(NC(=O)C2CCN(c3ncccc3-n3c(C)ccc3C)CC2)c1. The summed E-state index contributed by atoms with van der Waals surface area (Å²) in [7, 11) is 1.62. The highest BCUT2D eigenvalue weighted by Gasteiger charge is 2.27. The molecule has 0 unspecified atom stereocenters. The molecule has 2 aromatic heterocycles. The Hall–Kier alpha value is -3.28. The minimum absolute atomic E-state index is 0.00494. The van der Waals surface area contributed by atoms with Crippen molar-refractivity contribution in [3.05, 3.63) is 66.1 Å². The molecular weight excluding hydrogens is 376 g/mol. The Balaban J connectivity index is 1.45. The standard InChI is InChI=1S/C24H28N4O2/c1-17-9-10-18(2)28(17)22-8-5-13-25-23(22)27-14-11-19(12-15-27)24(29)26-20-6-4-7-21(16-20)30-3/h4-10,13,16,19H,11-12,14-15H2,1-3H3,(H,26,29). The molecule has 1 fully saturated rings. The van der Waals surface area contributed by atoms with Crippen molar-refractivity contribution in [1.29, 1.82) is 0 Å². The average Bonchev–Trinajstić information content (AvgIpc) is 3.11. The molecule has 3 aromatic rings. The molecule has 1 aliphatic heterocycles. The van der Waals surface area contributed by atoms with Crippen molar-refractivity contribution in [1.82, 2.24) is 9.55 Å². The van der Waals surface area contributed by atoms with E-state index in [1.807, 2.05) is 36.5 Å². The summed E-state index contributed by atoms with van der Waals surface area (Å²) in [4.78, 5) is 19.7. The van der Waals surface area contributed by atoms with Crippen LogP contribution in [0, 0.1) is 19.8 Å². The van der Waals surface area contributed by atoms with Crippen molar-refractivity contribution in [2.45, 2.75) is 26.7 Å². The molecule has 0 radical (unpaired) electrons. The third-order valence-electron chi connectivity index (χ3n) is 5.78. The maximum absolute atomic E-state index is 12.8. The number of benzene rings is 1. The molecule has 0 atom stereocenters. The van der Waals surface area contributed by atoms with E-state index < -0.39 is 0 Å². The number of hydrogen-bond donors (Lipinski definition) is 1. The third-order valence-corrected chi connectivity index (χ3v) is 5.78. The van der Waals surface area contributed by atoms with E-state index in [2.05, 4.69) is 51.8 Å².